The SMILES string of the molecule is COc1ccc(C)cc1C(C)NCc1cnnn1C. The summed E-state index contributed by atoms with van der Waals surface area (Å²) in [5.41, 5.74) is 3.45. The van der Waals surface area contributed by atoms with Crippen molar-refractivity contribution in [3.8, 4) is 5.75 Å². The maximum Gasteiger partial charge on any atom is 0.123 e. The van der Waals surface area contributed by atoms with Crippen LogP contribution in [-0.2, 0) is 13.6 Å². The highest BCUT2D eigenvalue weighted by Gasteiger charge is 2.12. The van der Waals surface area contributed by atoms with Crippen LogP contribution in [0.15, 0.2) is 24.4 Å². The number of nitrogens with zero attached hydrogens (tertiary/aromatic N) is 3. The zero-order valence-corrected chi connectivity index (χ0v) is 11.8. The van der Waals surface area contributed by atoms with Gasteiger partial charge in [-0.2, -0.15) is 0 Å². The average molecular weight is 260 g/mol. The van der Waals surface area contributed by atoms with Crippen LogP contribution in [0.1, 0.15) is 29.8 Å². The van der Waals surface area contributed by atoms with E-state index in [4.69, 9.17) is 4.74 Å². The molecule has 19 heavy (non-hydrogen) atoms. The van der Waals surface area contributed by atoms with Gasteiger partial charge in [0, 0.05) is 25.2 Å². The molecule has 0 bridgehead atoms. The number of aryl methyl sites for hydroxylation is 2. The molecular weight excluding hydrogens is 240 g/mol. The Morgan fingerprint density at radius 3 is 2.84 bits per heavy atom. The molecule has 1 heterocycles. The third-order valence-electron chi connectivity index (χ3n) is 3.25. The van der Waals surface area contributed by atoms with Crippen LogP contribution in [0.25, 0.3) is 0 Å². The summed E-state index contributed by atoms with van der Waals surface area (Å²) in [6.45, 7) is 4.93. The van der Waals surface area contributed by atoms with E-state index in [0.717, 1.165) is 23.6 Å². The zero-order chi connectivity index (χ0) is 13.8. The van der Waals surface area contributed by atoms with Gasteiger partial charge in [-0.1, -0.05) is 22.9 Å². The molecule has 0 aliphatic carbocycles. The number of aromatic nitrogens is 3. The van der Waals surface area contributed by atoms with E-state index in [2.05, 4.69) is 41.6 Å². The number of benzene rings is 1. The van der Waals surface area contributed by atoms with Crippen LogP contribution < -0.4 is 10.1 Å². The molecule has 0 saturated heterocycles. The molecule has 0 aliphatic rings. The van der Waals surface area contributed by atoms with Gasteiger partial charge in [0.05, 0.1) is 19.0 Å². The highest BCUT2D eigenvalue weighted by atomic mass is 16.5. The predicted octanol–water partition coefficient (Wildman–Crippen LogP) is 1.98. The molecular formula is C14H20N4O. The number of methoxy groups -OCH3 is 1. The lowest BCUT2D eigenvalue weighted by Crippen LogP contribution is -2.20. The Kier molecular flexibility index (Phi) is 4.16. The summed E-state index contributed by atoms with van der Waals surface area (Å²) in [6.07, 6.45) is 1.77. The Morgan fingerprint density at radius 1 is 1.42 bits per heavy atom. The lowest BCUT2D eigenvalue weighted by atomic mass is 10.0. The Labute approximate surface area is 113 Å². The summed E-state index contributed by atoms with van der Waals surface area (Å²) in [5.74, 6) is 0.911. The van der Waals surface area contributed by atoms with Crippen molar-refractivity contribution in [3.05, 3.63) is 41.2 Å². The van der Waals surface area contributed by atoms with E-state index in [0.29, 0.717) is 0 Å². The van der Waals surface area contributed by atoms with Crippen molar-refractivity contribution < 1.29 is 4.74 Å². The minimum absolute atomic E-state index is 0.199. The second-order valence-electron chi connectivity index (χ2n) is 4.70. The first-order valence-electron chi connectivity index (χ1n) is 6.33. The van der Waals surface area contributed by atoms with E-state index in [1.54, 1.807) is 18.0 Å². The first-order chi connectivity index (χ1) is 9.11. The van der Waals surface area contributed by atoms with Crippen molar-refractivity contribution in [1.82, 2.24) is 20.3 Å². The van der Waals surface area contributed by atoms with E-state index >= 15 is 0 Å². The molecule has 1 atom stereocenters. The fourth-order valence-electron chi connectivity index (χ4n) is 2.03. The van der Waals surface area contributed by atoms with Crippen molar-refractivity contribution in [2.45, 2.75) is 26.4 Å². The normalized spacial score (nSPS) is 12.4. The number of nitrogens with one attached hydrogen (secondary N) is 1. The van der Waals surface area contributed by atoms with Crippen molar-refractivity contribution >= 4 is 0 Å². The Bertz CT molecular complexity index is 550. The summed E-state index contributed by atoms with van der Waals surface area (Å²) in [5, 5.41) is 11.2. The highest BCUT2D eigenvalue weighted by Crippen LogP contribution is 2.26. The van der Waals surface area contributed by atoms with Gasteiger partial charge in [0.1, 0.15) is 5.75 Å². The van der Waals surface area contributed by atoms with Gasteiger partial charge in [-0.25, -0.2) is 0 Å². The van der Waals surface area contributed by atoms with Gasteiger partial charge in [0.15, 0.2) is 0 Å². The molecule has 0 fully saturated rings. The van der Waals surface area contributed by atoms with Crippen LogP contribution in [0.2, 0.25) is 0 Å². The van der Waals surface area contributed by atoms with E-state index in [9.17, 15) is 0 Å². The number of ether oxygens (including phenoxy) is 1. The van der Waals surface area contributed by atoms with Crippen LogP contribution in [0, 0.1) is 6.92 Å². The molecule has 1 N–H and O–H groups in total. The van der Waals surface area contributed by atoms with E-state index in [-0.39, 0.29) is 6.04 Å². The highest BCUT2D eigenvalue weighted by molar-refractivity contribution is 5.38. The molecule has 1 aromatic carbocycles. The minimum atomic E-state index is 0.199. The number of hydrogen-bond acceptors (Lipinski definition) is 4. The first-order valence-corrected chi connectivity index (χ1v) is 6.33. The Balaban J connectivity index is 2.09. The molecule has 0 amide bonds. The molecule has 2 rings (SSSR count). The monoisotopic (exact) mass is 260 g/mol. The van der Waals surface area contributed by atoms with Gasteiger partial charge in [-0.05, 0) is 19.9 Å². The smallest absolute Gasteiger partial charge is 0.123 e. The summed E-state index contributed by atoms with van der Waals surface area (Å²) in [4.78, 5) is 0. The third-order valence-corrected chi connectivity index (χ3v) is 3.25. The van der Waals surface area contributed by atoms with Gasteiger partial charge >= 0.3 is 0 Å². The van der Waals surface area contributed by atoms with E-state index in [1.807, 2.05) is 13.1 Å². The molecule has 5 nitrogen and oxygen atoms in total. The number of hydrogen-bond donors (Lipinski definition) is 1. The molecule has 5 heteroatoms. The lowest BCUT2D eigenvalue weighted by Gasteiger charge is -2.17. The van der Waals surface area contributed by atoms with Gasteiger partial charge in [0.2, 0.25) is 0 Å². The van der Waals surface area contributed by atoms with Crippen LogP contribution in [0.4, 0.5) is 0 Å². The molecule has 0 radical (unpaired) electrons. The van der Waals surface area contributed by atoms with Gasteiger partial charge in [0.25, 0.3) is 0 Å². The second kappa shape index (κ2) is 5.84. The molecule has 0 saturated carbocycles. The fraction of sp³-hybridized carbons (Fsp3) is 0.429. The molecule has 102 valence electrons. The second-order valence-corrected chi connectivity index (χ2v) is 4.70. The van der Waals surface area contributed by atoms with Crippen LogP contribution >= 0.6 is 0 Å². The van der Waals surface area contributed by atoms with E-state index < -0.39 is 0 Å². The minimum Gasteiger partial charge on any atom is -0.496 e. The first kappa shape index (κ1) is 13.5. The molecule has 1 aromatic heterocycles. The maximum absolute atomic E-state index is 5.41. The Hall–Kier alpha value is -1.88. The van der Waals surface area contributed by atoms with Crippen molar-refractivity contribution in [2.24, 2.45) is 7.05 Å². The topological polar surface area (TPSA) is 52.0 Å². The van der Waals surface area contributed by atoms with Gasteiger partial charge in [-0.15, -0.1) is 5.10 Å². The Morgan fingerprint density at radius 2 is 2.21 bits per heavy atom. The van der Waals surface area contributed by atoms with Crippen molar-refractivity contribution in [3.63, 3.8) is 0 Å². The lowest BCUT2D eigenvalue weighted by molar-refractivity contribution is 0.400. The van der Waals surface area contributed by atoms with Crippen LogP contribution in [-0.4, -0.2) is 22.1 Å². The summed E-state index contributed by atoms with van der Waals surface area (Å²) < 4.78 is 7.18. The maximum atomic E-state index is 5.41. The average Bonchev–Trinajstić information content (AvgIpc) is 2.81. The fourth-order valence-corrected chi connectivity index (χ4v) is 2.03. The zero-order valence-electron chi connectivity index (χ0n) is 11.8. The largest absolute Gasteiger partial charge is 0.496 e. The summed E-state index contributed by atoms with van der Waals surface area (Å²) >= 11 is 0. The quantitative estimate of drug-likeness (QED) is 0.893. The van der Waals surface area contributed by atoms with E-state index in [1.165, 1.54) is 5.56 Å². The van der Waals surface area contributed by atoms with Crippen molar-refractivity contribution in [2.75, 3.05) is 7.11 Å². The standard InChI is InChI=1S/C14H20N4O/c1-10-5-6-14(19-4)13(7-10)11(2)15-8-12-9-16-17-18(12)3/h5-7,9,11,15H,8H2,1-4H3. The molecule has 0 aliphatic heterocycles. The molecule has 2 aromatic rings. The van der Waals surface area contributed by atoms with Crippen LogP contribution in [0.3, 0.4) is 0 Å². The molecule has 1 unspecified atom stereocenters. The van der Waals surface area contributed by atoms with Crippen molar-refractivity contribution in [1.29, 1.82) is 0 Å². The molecule has 0 spiro atoms. The third kappa shape index (κ3) is 3.12. The summed E-state index contributed by atoms with van der Waals surface area (Å²) in [6, 6.07) is 6.41. The van der Waals surface area contributed by atoms with Crippen LogP contribution in [0.5, 0.6) is 5.75 Å². The predicted molar refractivity (Wildman–Crippen MR) is 74.0 cm³/mol. The van der Waals surface area contributed by atoms with Gasteiger partial charge in [-0.3, -0.25) is 4.68 Å². The number of rotatable bonds is 5. The summed E-state index contributed by atoms with van der Waals surface area (Å²) in [7, 11) is 3.59. The van der Waals surface area contributed by atoms with Gasteiger partial charge < -0.3 is 10.1 Å².